The summed E-state index contributed by atoms with van der Waals surface area (Å²) in [5.74, 6) is 1.39. The molecule has 2 N–H and O–H groups in total. The molecule has 0 unspecified atom stereocenters. The van der Waals surface area contributed by atoms with Gasteiger partial charge in [-0.1, -0.05) is 56.4 Å². The molecule has 2 aliphatic carbocycles. The van der Waals surface area contributed by atoms with Crippen LogP contribution in [0.1, 0.15) is 77.6 Å². The van der Waals surface area contributed by atoms with Gasteiger partial charge in [-0.05, 0) is 50.4 Å². The van der Waals surface area contributed by atoms with E-state index in [1.54, 1.807) is 4.90 Å². The van der Waals surface area contributed by atoms with E-state index in [1.165, 1.54) is 12.0 Å². The summed E-state index contributed by atoms with van der Waals surface area (Å²) in [5.41, 5.74) is 1.53. The van der Waals surface area contributed by atoms with Gasteiger partial charge in [0.15, 0.2) is 0 Å². The van der Waals surface area contributed by atoms with E-state index in [0.29, 0.717) is 18.3 Å². The van der Waals surface area contributed by atoms with Crippen molar-refractivity contribution in [3.05, 3.63) is 23.8 Å². The summed E-state index contributed by atoms with van der Waals surface area (Å²) >= 11 is 0. The van der Waals surface area contributed by atoms with Gasteiger partial charge < -0.3 is 15.1 Å². The number of unbranched alkanes of at least 4 members (excludes halogenated alkanes) is 4. The van der Waals surface area contributed by atoms with Crippen molar-refractivity contribution < 1.29 is 15.0 Å². The maximum Gasteiger partial charge on any atom is 0.222 e. The van der Waals surface area contributed by atoms with Crippen molar-refractivity contribution in [1.29, 1.82) is 0 Å². The topological polar surface area (TPSA) is 60.8 Å². The summed E-state index contributed by atoms with van der Waals surface area (Å²) in [6.45, 7) is 2.17. The number of amides is 1. The van der Waals surface area contributed by atoms with Gasteiger partial charge in [-0.2, -0.15) is 0 Å². The zero-order chi connectivity index (χ0) is 20.5. The van der Waals surface area contributed by atoms with Crippen LogP contribution in [0.15, 0.2) is 23.8 Å². The smallest absolute Gasteiger partial charge is 0.222 e. The maximum absolute atomic E-state index is 11.6. The number of rotatable bonds is 12. The molecular formula is C24H41NO3. The Morgan fingerprint density at radius 2 is 2.04 bits per heavy atom. The van der Waals surface area contributed by atoms with Crippen molar-refractivity contribution in [2.75, 3.05) is 14.1 Å². The van der Waals surface area contributed by atoms with Crippen LogP contribution in [0, 0.1) is 17.8 Å². The number of fused-ring (bicyclic) bond motifs is 1. The van der Waals surface area contributed by atoms with Crippen molar-refractivity contribution in [2.45, 2.75) is 89.8 Å². The first kappa shape index (κ1) is 23.2. The summed E-state index contributed by atoms with van der Waals surface area (Å²) in [6, 6.07) is 0. The molecule has 0 aliphatic heterocycles. The van der Waals surface area contributed by atoms with Gasteiger partial charge in [-0.25, -0.2) is 0 Å². The van der Waals surface area contributed by atoms with E-state index >= 15 is 0 Å². The average molecular weight is 392 g/mol. The molecule has 0 aromatic carbocycles. The summed E-state index contributed by atoms with van der Waals surface area (Å²) in [4.78, 5) is 13.3. The summed E-state index contributed by atoms with van der Waals surface area (Å²) in [5, 5.41) is 20.6. The molecule has 160 valence electrons. The highest BCUT2D eigenvalue weighted by atomic mass is 16.3. The third-order valence-corrected chi connectivity index (χ3v) is 6.50. The van der Waals surface area contributed by atoms with E-state index in [2.05, 4.69) is 19.1 Å². The second kappa shape index (κ2) is 11.8. The number of aliphatic hydroxyl groups is 2. The molecule has 0 spiro atoms. The Morgan fingerprint density at radius 3 is 2.75 bits per heavy atom. The van der Waals surface area contributed by atoms with Gasteiger partial charge in [-0.3, -0.25) is 4.79 Å². The molecule has 5 atom stereocenters. The maximum atomic E-state index is 11.6. The van der Waals surface area contributed by atoms with E-state index in [1.807, 2.05) is 20.2 Å². The molecule has 1 fully saturated rings. The monoisotopic (exact) mass is 391 g/mol. The highest BCUT2D eigenvalue weighted by Gasteiger charge is 2.43. The minimum absolute atomic E-state index is 0.178. The van der Waals surface area contributed by atoms with Crippen LogP contribution < -0.4 is 0 Å². The fraction of sp³-hybridized carbons (Fsp3) is 0.792. The predicted octanol–water partition coefficient (Wildman–Crippen LogP) is 4.47. The minimum Gasteiger partial charge on any atom is -0.392 e. The largest absolute Gasteiger partial charge is 0.392 e. The van der Waals surface area contributed by atoms with E-state index in [4.69, 9.17) is 0 Å². The molecule has 28 heavy (non-hydrogen) atoms. The van der Waals surface area contributed by atoms with Gasteiger partial charge in [0.05, 0.1) is 12.2 Å². The lowest BCUT2D eigenvalue weighted by atomic mass is 9.88. The van der Waals surface area contributed by atoms with Gasteiger partial charge in [0.25, 0.3) is 0 Å². The first-order chi connectivity index (χ1) is 13.4. The SMILES string of the molecule is CCCCC[C@H](O)/C=C/[C@@H]1[C@H]2CC(CCCCCC(=O)N(C)C)=C[C@H]2C[C@H]1O. The van der Waals surface area contributed by atoms with Gasteiger partial charge in [0, 0.05) is 26.4 Å². The van der Waals surface area contributed by atoms with Crippen molar-refractivity contribution in [1.82, 2.24) is 4.90 Å². The molecule has 4 nitrogen and oxygen atoms in total. The normalized spacial score (nSPS) is 27.8. The molecule has 0 radical (unpaired) electrons. The van der Waals surface area contributed by atoms with E-state index in [0.717, 1.165) is 57.8 Å². The van der Waals surface area contributed by atoms with Crippen molar-refractivity contribution >= 4 is 5.91 Å². The zero-order valence-electron chi connectivity index (χ0n) is 18.1. The van der Waals surface area contributed by atoms with Crippen molar-refractivity contribution in [2.24, 2.45) is 17.8 Å². The summed E-state index contributed by atoms with van der Waals surface area (Å²) in [6.07, 6.45) is 16.9. The molecule has 4 heteroatoms. The Balaban J connectivity index is 1.72. The Kier molecular flexibility index (Phi) is 9.73. The predicted molar refractivity (Wildman–Crippen MR) is 115 cm³/mol. The molecular weight excluding hydrogens is 350 g/mol. The number of carbonyl (C=O) groups is 1. The molecule has 0 aromatic rings. The van der Waals surface area contributed by atoms with Crippen LogP contribution >= 0.6 is 0 Å². The number of aliphatic hydroxyl groups excluding tert-OH is 2. The molecule has 1 saturated carbocycles. The van der Waals surface area contributed by atoms with Crippen LogP contribution in [0.5, 0.6) is 0 Å². The van der Waals surface area contributed by atoms with Gasteiger partial charge in [0.2, 0.25) is 5.91 Å². The molecule has 2 rings (SSSR count). The van der Waals surface area contributed by atoms with E-state index < -0.39 is 0 Å². The van der Waals surface area contributed by atoms with Gasteiger partial charge in [-0.15, -0.1) is 0 Å². The second-order valence-electron chi connectivity index (χ2n) is 9.03. The summed E-state index contributed by atoms with van der Waals surface area (Å²) < 4.78 is 0. The lowest BCUT2D eigenvalue weighted by molar-refractivity contribution is -0.128. The first-order valence-electron chi connectivity index (χ1n) is 11.4. The van der Waals surface area contributed by atoms with Crippen LogP contribution in [0.4, 0.5) is 0 Å². The molecule has 0 aromatic heterocycles. The van der Waals surface area contributed by atoms with E-state index in [-0.39, 0.29) is 24.0 Å². The Bertz CT molecular complexity index is 540. The molecule has 1 amide bonds. The third kappa shape index (κ3) is 7.04. The van der Waals surface area contributed by atoms with Gasteiger partial charge in [0.1, 0.15) is 0 Å². The van der Waals surface area contributed by atoms with Crippen LogP contribution in [-0.2, 0) is 4.79 Å². The molecule has 0 bridgehead atoms. The molecule has 0 saturated heterocycles. The number of hydrogen-bond donors (Lipinski definition) is 2. The van der Waals surface area contributed by atoms with Gasteiger partial charge >= 0.3 is 0 Å². The highest BCUT2D eigenvalue weighted by Crippen LogP contribution is 2.48. The number of hydrogen-bond acceptors (Lipinski definition) is 3. The lowest BCUT2D eigenvalue weighted by Crippen LogP contribution is -2.20. The second-order valence-corrected chi connectivity index (χ2v) is 9.03. The highest BCUT2D eigenvalue weighted by molar-refractivity contribution is 5.75. The Labute approximate surface area is 171 Å². The number of nitrogens with zero attached hydrogens (tertiary/aromatic N) is 1. The van der Waals surface area contributed by atoms with E-state index in [9.17, 15) is 15.0 Å². The average Bonchev–Trinajstić information content (AvgIpc) is 3.16. The fourth-order valence-electron chi connectivity index (χ4n) is 4.78. The standard InChI is InChI=1S/C24H41NO3/c1-4-5-7-11-20(26)13-14-21-22-16-18(15-19(22)17-23(21)27)10-8-6-9-12-24(28)25(2)3/h13-15,19-23,26-27H,4-12,16-17H2,1-3H3/b14-13+/t19-,20-,21+,22-,23+/m0/s1. The fourth-order valence-corrected chi connectivity index (χ4v) is 4.78. The number of carbonyl (C=O) groups excluding carboxylic acids is 1. The first-order valence-corrected chi connectivity index (χ1v) is 11.4. The zero-order valence-corrected chi connectivity index (χ0v) is 18.1. The molecule has 0 heterocycles. The van der Waals surface area contributed by atoms with Crippen LogP contribution in [0.2, 0.25) is 0 Å². The quantitative estimate of drug-likeness (QED) is 0.381. The van der Waals surface area contributed by atoms with Crippen molar-refractivity contribution in [3.63, 3.8) is 0 Å². The number of allylic oxidation sites excluding steroid dienone is 2. The van der Waals surface area contributed by atoms with Crippen LogP contribution in [0.25, 0.3) is 0 Å². The lowest BCUT2D eigenvalue weighted by Gasteiger charge is -2.19. The van der Waals surface area contributed by atoms with Crippen LogP contribution in [0.3, 0.4) is 0 Å². The van der Waals surface area contributed by atoms with Crippen LogP contribution in [-0.4, -0.2) is 47.3 Å². The molecule has 2 aliphatic rings. The Hall–Kier alpha value is -1.13. The minimum atomic E-state index is -0.378. The third-order valence-electron chi connectivity index (χ3n) is 6.50. The summed E-state index contributed by atoms with van der Waals surface area (Å²) in [7, 11) is 3.63. The van der Waals surface area contributed by atoms with Crippen molar-refractivity contribution in [3.8, 4) is 0 Å². The Morgan fingerprint density at radius 1 is 1.25 bits per heavy atom.